The van der Waals surface area contributed by atoms with Crippen molar-refractivity contribution < 1.29 is 29.6 Å². The molecule has 0 radical (unpaired) electrons. The summed E-state index contributed by atoms with van der Waals surface area (Å²) < 4.78 is 17.7. The molecule has 1 fully saturated rings. The van der Waals surface area contributed by atoms with Crippen LogP contribution in [0.5, 0.6) is 0 Å². The molecule has 0 spiro atoms. The van der Waals surface area contributed by atoms with Gasteiger partial charge < -0.3 is 13.7 Å². The minimum Gasteiger partial charge on any atom is -0.403 e. The van der Waals surface area contributed by atoms with Gasteiger partial charge in [-0.1, -0.05) is 475 Å². The van der Waals surface area contributed by atoms with Crippen LogP contribution in [-0.4, -0.2) is 34.3 Å². The molecule has 1 aliphatic rings. The van der Waals surface area contributed by atoms with Gasteiger partial charge in [-0.15, -0.1) is 0 Å². The first-order chi connectivity index (χ1) is 61.0. The molecule has 1 unspecified atom stereocenters. The summed E-state index contributed by atoms with van der Waals surface area (Å²) in [6.45, 7) is 8.64. The Bertz CT molecular complexity index is 5300. The molecule has 125 heavy (non-hydrogen) atoms. The minimum atomic E-state index is -2.73. The van der Waals surface area contributed by atoms with E-state index in [9.17, 15) is 0 Å². The fraction of sp³-hybridized carbons (Fsp3) is 0.0991. The topological polar surface area (TPSA) is 54.1 Å². The number of hydrogen-bond acceptors (Lipinski definition) is 4. The molecule has 3 aromatic heterocycles. The molecule has 4 heterocycles. The van der Waals surface area contributed by atoms with Gasteiger partial charge in [-0.2, -0.15) is 5.10 Å². The van der Waals surface area contributed by atoms with Gasteiger partial charge in [-0.25, -0.2) is 9.67 Å². The van der Waals surface area contributed by atoms with Crippen molar-refractivity contribution in [2.75, 3.05) is 6.61 Å². The molecule has 0 amide bonds. The maximum atomic E-state index is 7.27. The van der Waals surface area contributed by atoms with Crippen LogP contribution in [0, 0.1) is 0 Å². The van der Waals surface area contributed by atoms with Crippen molar-refractivity contribution in [2.45, 2.75) is 64.5 Å². The molecular weight excluding hydrogens is 1750 g/mol. The fourth-order valence-electron chi connectivity index (χ4n) is 15.9. The van der Waals surface area contributed by atoms with Crippen molar-refractivity contribution in [2.24, 2.45) is 0 Å². The van der Waals surface area contributed by atoms with Crippen molar-refractivity contribution >= 4 is 148 Å². The molecule has 624 valence electrons. The number of nitrogens with zero attached hydrogens (tertiary/aromatic N) is 4. The Morgan fingerprint density at radius 1 is 0.352 bits per heavy atom. The standard InChI is InChI=1S/C39H40Cl2N4O2Si.4C18H15P.Pd/c1-39(2,3)48(31-12-6-4-7-13-31,32-14-8-5-9-15-32)47-27-29-22-28(23-30(40)24-29)26-44-34-17-18-37(41)43-33(34)25-36(44)35-19-20-42-45(35)38-16-10-11-21-46-38;4*1-4-10-16(11-5-1)19(17-12-6-2-7-13-17)18-14-8-3-9-15-18;/h4-9,12-15,17-20,22-25,38H,10-11,16,21,26-27H2,1-3H3;4*1-15H;. The van der Waals surface area contributed by atoms with Gasteiger partial charge in [0.25, 0.3) is 8.32 Å². The van der Waals surface area contributed by atoms with E-state index in [0.717, 1.165) is 59.4 Å². The van der Waals surface area contributed by atoms with Gasteiger partial charge >= 0.3 is 0 Å². The second kappa shape index (κ2) is 46.0. The van der Waals surface area contributed by atoms with Crippen molar-refractivity contribution in [3.05, 3.63) is 495 Å². The Kier molecular flexibility index (Phi) is 33.3. The molecule has 1 aliphatic heterocycles. The van der Waals surface area contributed by atoms with Crippen LogP contribution in [-0.2, 0) is 42.7 Å². The summed E-state index contributed by atoms with van der Waals surface area (Å²) in [5.74, 6) is 0. The van der Waals surface area contributed by atoms with E-state index in [4.69, 9.17) is 37.5 Å². The Morgan fingerprint density at radius 2 is 0.648 bits per heavy atom. The number of ether oxygens (including phenoxy) is 1. The fourth-order valence-corrected chi connectivity index (χ4v) is 30.1. The number of fused-ring (bicyclic) bond motifs is 1. The summed E-state index contributed by atoms with van der Waals surface area (Å²) >= 11 is 13.2. The van der Waals surface area contributed by atoms with Gasteiger partial charge in [0.2, 0.25) is 0 Å². The van der Waals surface area contributed by atoms with Gasteiger partial charge in [0, 0.05) is 44.8 Å². The number of hydrogen-bond donors (Lipinski definition) is 0. The van der Waals surface area contributed by atoms with Gasteiger partial charge in [0.15, 0.2) is 6.23 Å². The second-order valence-electron chi connectivity index (χ2n) is 30.9. The van der Waals surface area contributed by atoms with E-state index in [1.807, 2.05) is 41.2 Å². The Balaban J connectivity index is 0.000000137. The van der Waals surface area contributed by atoms with Crippen molar-refractivity contribution in [3.63, 3.8) is 0 Å². The Labute approximate surface area is 767 Å². The predicted molar refractivity (Wildman–Crippen MR) is 538 cm³/mol. The largest absolute Gasteiger partial charge is 0.403 e. The van der Waals surface area contributed by atoms with Crippen LogP contribution in [0.25, 0.3) is 22.4 Å². The quantitative estimate of drug-likeness (QED) is 0.0409. The maximum Gasteiger partial charge on any atom is 0.261 e. The smallest absolute Gasteiger partial charge is 0.261 e. The van der Waals surface area contributed by atoms with Gasteiger partial charge in [-0.05, 0) is 178 Å². The normalized spacial score (nSPS) is 12.4. The van der Waals surface area contributed by atoms with Crippen LogP contribution in [0.1, 0.15) is 57.4 Å². The molecule has 6 nitrogen and oxygen atoms in total. The molecule has 0 saturated carbocycles. The van der Waals surface area contributed by atoms with Gasteiger partial charge in [0.05, 0.1) is 29.0 Å². The summed E-state index contributed by atoms with van der Waals surface area (Å²) in [4.78, 5) is 4.66. The van der Waals surface area contributed by atoms with Crippen LogP contribution < -0.4 is 74.0 Å². The average Bonchev–Trinajstić information content (AvgIpc) is 1.68. The van der Waals surface area contributed by atoms with Crippen LogP contribution >= 0.6 is 54.9 Å². The predicted octanol–water partition coefficient (Wildman–Crippen LogP) is 22.8. The third-order valence-electron chi connectivity index (χ3n) is 21.5. The molecule has 18 aromatic rings. The van der Waals surface area contributed by atoms with Crippen molar-refractivity contribution in [3.8, 4) is 11.4 Å². The zero-order valence-electron chi connectivity index (χ0n) is 70.3. The number of halogens is 2. The second-order valence-corrected chi connectivity index (χ2v) is 44.9. The SMILES string of the molecule is CC(C)(C)[Si](OCc1cc(Cl)cc(Cn2c(-c3ccnn3C3CCCCO3)cc3nc(Cl)ccc32)c1)(c1ccccc1)c1ccccc1.[Pd].c1ccc(P(c2ccccc2)c2ccccc2)cc1.c1ccc(P(c2ccccc2)c2ccccc2)cc1.c1ccc(P(c2ccccc2)c2ccccc2)cc1.c1ccc(P(c2ccccc2)c2ccccc2)cc1. The summed E-state index contributed by atoms with van der Waals surface area (Å²) in [5.41, 5.74) is 5.89. The first kappa shape index (κ1) is 90.5. The van der Waals surface area contributed by atoms with E-state index in [0.29, 0.717) is 23.3 Å². The van der Waals surface area contributed by atoms with E-state index in [2.05, 4.69) is 467 Å². The van der Waals surface area contributed by atoms with E-state index in [1.54, 1.807) is 0 Å². The van der Waals surface area contributed by atoms with E-state index >= 15 is 0 Å². The van der Waals surface area contributed by atoms with E-state index in [-0.39, 0.29) is 31.7 Å². The average molecular weight is 1850 g/mol. The zero-order chi connectivity index (χ0) is 85.0. The van der Waals surface area contributed by atoms with Crippen LogP contribution in [0.3, 0.4) is 0 Å². The number of aromatic nitrogens is 4. The summed E-state index contributed by atoms with van der Waals surface area (Å²) in [6, 6.07) is 165. The molecule has 14 heteroatoms. The molecule has 0 N–H and O–H groups in total. The summed E-state index contributed by atoms with van der Waals surface area (Å²) in [7, 11) is -4.51. The molecule has 1 atom stereocenters. The molecule has 1 saturated heterocycles. The summed E-state index contributed by atoms with van der Waals surface area (Å²) in [6.07, 6.45) is 4.87. The molecular formula is C111H100Cl2N4O2P4PdSi. The Hall–Kier alpha value is -10.7. The van der Waals surface area contributed by atoms with E-state index < -0.39 is 40.0 Å². The van der Waals surface area contributed by atoms with Crippen LogP contribution in [0.2, 0.25) is 15.2 Å². The first-order valence-corrected chi connectivity index (χ1v) is 50.2. The van der Waals surface area contributed by atoms with E-state index in [1.165, 1.54) is 74.0 Å². The van der Waals surface area contributed by atoms with Crippen molar-refractivity contribution in [1.82, 2.24) is 19.3 Å². The monoisotopic (exact) mass is 1850 g/mol. The first-order valence-electron chi connectivity index (χ1n) is 42.2. The zero-order valence-corrected chi connectivity index (χ0v) is 78.0. The third-order valence-corrected chi connectivity index (χ3v) is 36.7. The number of benzene rings is 15. The van der Waals surface area contributed by atoms with Crippen LogP contribution in [0.15, 0.2) is 473 Å². The summed E-state index contributed by atoms with van der Waals surface area (Å²) in [5, 5.41) is 25.0. The molecule has 0 bridgehead atoms. The van der Waals surface area contributed by atoms with Gasteiger partial charge in [0.1, 0.15) is 5.15 Å². The molecule has 0 aliphatic carbocycles. The van der Waals surface area contributed by atoms with Gasteiger partial charge in [-0.3, -0.25) is 0 Å². The molecule has 19 rings (SSSR count). The molecule has 15 aromatic carbocycles. The maximum absolute atomic E-state index is 7.27. The Morgan fingerprint density at radius 3 is 0.936 bits per heavy atom. The number of pyridine rings is 1. The number of rotatable bonds is 21. The minimum absolute atomic E-state index is 0. The third kappa shape index (κ3) is 23.7. The van der Waals surface area contributed by atoms with Crippen molar-refractivity contribution in [1.29, 1.82) is 0 Å². The van der Waals surface area contributed by atoms with Crippen LogP contribution in [0.4, 0.5) is 0 Å².